The third-order valence-electron chi connectivity index (χ3n) is 3.67. The van der Waals surface area contributed by atoms with Gasteiger partial charge in [-0.25, -0.2) is 0 Å². The van der Waals surface area contributed by atoms with Crippen molar-refractivity contribution >= 4 is 45.5 Å². The number of thioether (sulfide) groups is 1. The SMILES string of the molecule is CCOc1ccccc1Nc1nnc(SCC(=O)N(C)c2ccccc2)s1. The van der Waals surface area contributed by atoms with Crippen LogP contribution in [0.2, 0.25) is 0 Å². The van der Waals surface area contributed by atoms with E-state index in [-0.39, 0.29) is 5.91 Å². The Balaban J connectivity index is 1.58. The van der Waals surface area contributed by atoms with E-state index in [0.717, 1.165) is 21.5 Å². The molecule has 0 aliphatic carbocycles. The number of anilines is 3. The molecule has 2 aromatic carbocycles. The van der Waals surface area contributed by atoms with Crippen LogP contribution in [0.1, 0.15) is 6.92 Å². The maximum absolute atomic E-state index is 12.4. The van der Waals surface area contributed by atoms with Gasteiger partial charge in [-0.2, -0.15) is 0 Å². The molecule has 1 heterocycles. The van der Waals surface area contributed by atoms with Crippen molar-refractivity contribution in [1.82, 2.24) is 10.2 Å². The molecule has 3 aromatic rings. The van der Waals surface area contributed by atoms with Crippen molar-refractivity contribution < 1.29 is 9.53 Å². The molecular formula is C19H20N4O2S2. The molecule has 27 heavy (non-hydrogen) atoms. The molecule has 8 heteroatoms. The van der Waals surface area contributed by atoms with Crippen LogP contribution in [0.5, 0.6) is 5.75 Å². The van der Waals surface area contributed by atoms with Crippen LogP contribution >= 0.6 is 23.1 Å². The fraction of sp³-hybridized carbons (Fsp3) is 0.211. The molecule has 0 fully saturated rings. The number of hydrogen-bond donors (Lipinski definition) is 1. The topological polar surface area (TPSA) is 67.3 Å². The Labute approximate surface area is 166 Å². The van der Waals surface area contributed by atoms with Crippen LogP contribution in [-0.2, 0) is 4.79 Å². The highest BCUT2D eigenvalue weighted by Gasteiger charge is 2.14. The van der Waals surface area contributed by atoms with Crippen molar-refractivity contribution in [2.75, 3.05) is 29.6 Å². The van der Waals surface area contributed by atoms with Gasteiger partial charge < -0.3 is 15.0 Å². The number of aromatic nitrogens is 2. The van der Waals surface area contributed by atoms with Gasteiger partial charge in [-0.05, 0) is 31.2 Å². The van der Waals surface area contributed by atoms with Gasteiger partial charge in [0.25, 0.3) is 0 Å². The summed E-state index contributed by atoms with van der Waals surface area (Å²) in [6.45, 7) is 2.53. The molecule has 6 nitrogen and oxygen atoms in total. The van der Waals surface area contributed by atoms with Crippen molar-refractivity contribution in [3.63, 3.8) is 0 Å². The number of nitrogens with zero attached hydrogens (tertiary/aromatic N) is 3. The number of hydrogen-bond acceptors (Lipinski definition) is 7. The lowest BCUT2D eigenvalue weighted by atomic mass is 10.3. The summed E-state index contributed by atoms with van der Waals surface area (Å²) in [5.74, 6) is 1.08. The Morgan fingerprint density at radius 1 is 1.15 bits per heavy atom. The molecule has 0 bridgehead atoms. The third kappa shape index (κ3) is 5.21. The molecular weight excluding hydrogens is 380 g/mol. The first-order valence-electron chi connectivity index (χ1n) is 8.44. The molecule has 0 aliphatic heterocycles. The van der Waals surface area contributed by atoms with Crippen molar-refractivity contribution in [3.8, 4) is 5.75 Å². The van der Waals surface area contributed by atoms with Gasteiger partial charge in [0.1, 0.15) is 5.75 Å². The number of carbonyl (C=O) groups excluding carboxylic acids is 1. The zero-order valence-corrected chi connectivity index (χ0v) is 16.7. The summed E-state index contributed by atoms with van der Waals surface area (Å²) < 4.78 is 6.34. The van der Waals surface area contributed by atoms with Crippen molar-refractivity contribution in [3.05, 3.63) is 54.6 Å². The molecule has 0 radical (unpaired) electrons. The largest absolute Gasteiger partial charge is 0.492 e. The Morgan fingerprint density at radius 3 is 2.67 bits per heavy atom. The first kappa shape index (κ1) is 19.2. The van der Waals surface area contributed by atoms with Crippen LogP contribution in [0.3, 0.4) is 0 Å². The predicted octanol–water partition coefficient (Wildman–Crippen LogP) is 4.44. The quantitative estimate of drug-likeness (QED) is 0.564. The first-order chi connectivity index (χ1) is 13.2. The average molecular weight is 401 g/mol. The third-order valence-corrected chi connectivity index (χ3v) is 5.63. The lowest BCUT2D eigenvalue weighted by Crippen LogP contribution is -2.27. The minimum Gasteiger partial charge on any atom is -0.492 e. The maximum Gasteiger partial charge on any atom is 0.237 e. The van der Waals surface area contributed by atoms with Crippen LogP contribution in [0.25, 0.3) is 0 Å². The van der Waals surface area contributed by atoms with E-state index in [1.807, 2.05) is 61.5 Å². The van der Waals surface area contributed by atoms with Crippen LogP contribution in [0, 0.1) is 0 Å². The van der Waals surface area contributed by atoms with Crippen molar-refractivity contribution in [2.45, 2.75) is 11.3 Å². The fourth-order valence-electron chi connectivity index (χ4n) is 2.30. The van der Waals surface area contributed by atoms with E-state index in [4.69, 9.17) is 4.74 Å². The van der Waals surface area contributed by atoms with Gasteiger partial charge in [-0.1, -0.05) is 53.4 Å². The van der Waals surface area contributed by atoms with E-state index in [2.05, 4.69) is 15.5 Å². The normalized spacial score (nSPS) is 10.4. The summed E-state index contributed by atoms with van der Waals surface area (Å²) in [6, 6.07) is 17.3. The van der Waals surface area contributed by atoms with E-state index in [1.165, 1.54) is 23.1 Å². The monoisotopic (exact) mass is 400 g/mol. The van der Waals surface area contributed by atoms with E-state index in [9.17, 15) is 4.79 Å². The predicted molar refractivity (Wildman–Crippen MR) is 111 cm³/mol. The second kappa shape index (κ2) is 9.38. The molecule has 0 saturated heterocycles. The lowest BCUT2D eigenvalue weighted by Gasteiger charge is -2.16. The minimum absolute atomic E-state index is 0.0117. The van der Waals surface area contributed by atoms with Crippen LogP contribution in [-0.4, -0.2) is 35.5 Å². The minimum atomic E-state index is 0.0117. The number of carbonyl (C=O) groups is 1. The molecule has 0 aliphatic rings. The number of para-hydroxylation sites is 3. The number of benzene rings is 2. The highest BCUT2D eigenvalue weighted by molar-refractivity contribution is 8.01. The van der Waals surface area contributed by atoms with E-state index in [0.29, 0.717) is 17.5 Å². The highest BCUT2D eigenvalue weighted by atomic mass is 32.2. The summed E-state index contributed by atoms with van der Waals surface area (Å²) in [5, 5.41) is 12.2. The van der Waals surface area contributed by atoms with Gasteiger partial charge in [0.2, 0.25) is 11.0 Å². The molecule has 0 atom stereocenters. The molecule has 0 spiro atoms. The zero-order chi connectivity index (χ0) is 19.1. The fourth-order valence-corrected chi connectivity index (χ4v) is 3.98. The summed E-state index contributed by atoms with van der Waals surface area (Å²) in [6.07, 6.45) is 0. The summed E-state index contributed by atoms with van der Waals surface area (Å²) in [7, 11) is 1.77. The smallest absolute Gasteiger partial charge is 0.237 e. The van der Waals surface area contributed by atoms with Crippen molar-refractivity contribution in [1.29, 1.82) is 0 Å². The molecule has 140 valence electrons. The molecule has 1 N–H and O–H groups in total. The molecule has 0 unspecified atom stereocenters. The van der Waals surface area contributed by atoms with Gasteiger partial charge >= 0.3 is 0 Å². The van der Waals surface area contributed by atoms with Gasteiger partial charge in [0.15, 0.2) is 4.34 Å². The standard InChI is InChI=1S/C19H20N4O2S2/c1-3-25-16-12-8-7-11-15(16)20-18-21-22-19(27-18)26-13-17(24)23(2)14-9-5-4-6-10-14/h4-12H,3,13H2,1-2H3,(H,20,21). The maximum atomic E-state index is 12.4. The van der Waals surface area contributed by atoms with E-state index in [1.54, 1.807) is 11.9 Å². The second-order valence-corrected chi connectivity index (χ2v) is 7.70. The number of nitrogens with one attached hydrogen (secondary N) is 1. The Morgan fingerprint density at radius 2 is 1.89 bits per heavy atom. The molecule has 3 rings (SSSR count). The number of ether oxygens (including phenoxy) is 1. The van der Waals surface area contributed by atoms with Crippen molar-refractivity contribution in [2.24, 2.45) is 0 Å². The Kier molecular flexibility index (Phi) is 6.67. The van der Waals surface area contributed by atoms with E-state index >= 15 is 0 Å². The molecule has 1 aromatic heterocycles. The molecule has 0 saturated carbocycles. The number of amides is 1. The highest BCUT2D eigenvalue weighted by Crippen LogP contribution is 2.31. The van der Waals surface area contributed by atoms with Crippen LogP contribution in [0.4, 0.5) is 16.5 Å². The average Bonchev–Trinajstić information content (AvgIpc) is 3.15. The first-order valence-corrected chi connectivity index (χ1v) is 10.2. The van der Waals surface area contributed by atoms with E-state index < -0.39 is 0 Å². The van der Waals surface area contributed by atoms with Gasteiger partial charge in [0, 0.05) is 12.7 Å². The van der Waals surface area contributed by atoms with Crippen LogP contribution in [0.15, 0.2) is 58.9 Å². The van der Waals surface area contributed by atoms with Gasteiger partial charge in [0.05, 0.1) is 18.0 Å². The van der Waals surface area contributed by atoms with Gasteiger partial charge in [-0.3, -0.25) is 4.79 Å². The summed E-state index contributed by atoms with van der Waals surface area (Å²) in [4.78, 5) is 14.0. The lowest BCUT2D eigenvalue weighted by molar-refractivity contribution is -0.115. The zero-order valence-electron chi connectivity index (χ0n) is 15.1. The van der Waals surface area contributed by atoms with Gasteiger partial charge in [-0.15, -0.1) is 10.2 Å². The van der Waals surface area contributed by atoms with Crippen LogP contribution < -0.4 is 15.0 Å². The Bertz CT molecular complexity index is 886. The Hall–Kier alpha value is -2.58. The summed E-state index contributed by atoms with van der Waals surface area (Å²) in [5.41, 5.74) is 1.71. The summed E-state index contributed by atoms with van der Waals surface area (Å²) >= 11 is 2.79. The molecule has 1 amide bonds. The second-order valence-electron chi connectivity index (χ2n) is 5.50. The number of rotatable bonds is 8.